The SMILES string of the molecule is CCCCCCN1C=CC=CC1.O=S(=O)(O)C(F)(F)F. The zero-order valence-electron chi connectivity index (χ0n) is 11.3. The van der Waals surface area contributed by atoms with Crippen LogP contribution in [0.1, 0.15) is 32.6 Å². The maximum atomic E-state index is 10.7. The summed E-state index contributed by atoms with van der Waals surface area (Å²) in [6, 6.07) is 0. The van der Waals surface area contributed by atoms with Gasteiger partial charge in [0, 0.05) is 13.1 Å². The number of rotatable bonds is 5. The molecule has 0 atom stereocenters. The van der Waals surface area contributed by atoms with E-state index in [-0.39, 0.29) is 0 Å². The highest BCUT2D eigenvalue weighted by molar-refractivity contribution is 7.86. The molecular formula is C12H20F3NO3S. The van der Waals surface area contributed by atoms with E-state index in [4.69, 9.17) is 13.0 Å². The van der Waals surface area contributed by atoms with Crippen molar-refractivity contribution in [3.05, 3.63) is 24.4 Å². The fourth-order valence-corrected chi connectivity index (χ4v) is 1.41. The van der Waals surface area contributed by atoms with E-state index < -0.39 is 15.6 Å². The van der Waals surface area contributed by atoms with Crippen LogP contribution in [0.3, 0.4) is 0 Å². The molecule has 1 N–H and O–H groups in total. The molecule has 1 heterocycles. The largest absolute Gasteiger partial charge is 0.522 e. The van der Waals surface area contributed by atoms with Gasteiger partial charge in [-0.3, -0.25) is 4.55 Å². The second kappa shape index (κ2) is 9.02. The number of unbranched alkanes of at least 4 members (excludes halogenated alkanes) is 3. The fourth-order valence-electron chi connectivity index (χ4n) is 1.41. The second-order valence-electron chi connectivity index (χ2n) is 4.25. The minimum absolute atomic E-state index is 1.10. The summed E-state index contributed by atoms with van der Waals surface area (Å²) < 4.78 is 57.5. The Morgan fingerprint density at radius 2 is 1.80 bits per heavy atom. The molecule has 1 aliphatic heterocycles. The zero-order chi connectivity index (χ0) is 15.6. The van der Waals surface area contributed by atoms with E-state index in [9.17, 15) is 13.2 Å². The third-order valence-corrected chi connectivity index (χ3v) is 3.06. The van der Waals surface area contributed by atoms with Crippen molar-refractivity contribution >= 4 is 10.1 Å². The van der Waals surface area contributed by atoms with Gasteiger partial charge in [-0.15, -0.1) is 0 Å². The lowest BCUT2D eigenvalue weighted by atomic mass is 10.2. The molecule has 1 aliphatic rings. The van der Waals surface area contributed by atoms with Gasteiger partial charge in [0.1, 0.15) is 0 Å². The van der Waals surface area contributed by atoms with Gasteiger partial charge in [0.15, 0.2) is 0 Å². The van der Waals surface area contributed by atoms with Gasteiger partial charge in [-0.2, -0.15) is 21.6 Å². The number of halogens is 3. The van der Waals surface area contributed by atoms with Crippen molar-refractivity contribution in [2.45, 2.75) is 38.1 Å². The molecule has 0 amide bonds. The second-order valence-corrected chi connectivity index (χ2v) is 5.66. The standard InChI is InChI=1S/C11H19N.CHF3O3S/c1-2-3-4-6-9-12-10-7-5-8-11-12;2-1(3,4)8(5,6)7/h5,7-8,10H,2-4,6,9,11H2,1H3;(H,5,6,7). The lowest BCUT2D eigenvalue weighted by Crippen LogP contribution is -2.21. The van der Waals surface area contributed by atoms with Crippen LogP contribution in [0.15, 0.2) is 24.4 Å². The molecule has 8 heteroatoms. The van der Waals surface area contributed by atoms with Crippen LogP contribution in [0, 0.1) is 0 Å². The Labute approximate surface area is 117 Å². The van der Waals surface area contributed by atoms with E-state index in [1.165, 1.54) is 32.2 Å². The summed E-state index contributed by atoms with van der Waals surface area (Å²) in [7, 11) is -5.84. The average molecular weight is 315 g/mol. The Kier molecular flexibility index (Phi) is 8.56. The third-order valence-electron chi connectivity index (χ3n) is 2.48. The van der Waals surface area contributed by atoms with E-state index in [0.717, 1.165) is 6.54 Å². The highest BCUT2D eigenvalue weighted by Gasteiger charge is 2.44. The van der Waals surface area contributed by atoms with Crippen LogP contribution in [-0.4, -0.2) is 36.5 Å². The molecule has 0 spiro atoms. The maximum Gasteiger partial charge on any atom is 0.522 e. The van der Waals surface area contributed by atoms with E-state index in [1.807, 2.05) is 0 Å². The summed E-state index contributed by atoms with van der Waals surface area (Å²) in [6.45, 7) is 4.58. The quantitative estimate of drug-likeness (QED) is 0.480. The Bertz CT molecular complexity index is 416. The van der Waals surface area contributed by atoms with Gasteiger partial charge in [-0.1, -0.05) is 38.3 Å². The summed E-state index contributed by atoms with van der Waals surface area (Å²) in [5, 5.41) is 0. The highest BCUT2D eigenvalue weighted by Crippen LogP contribution is 2.20. The van der Waals surface area contributed by atoms with Gasteiger partial charge in [0.25, 0.3) is 0 Å². The lowest BCUT2D eigenvalue weighted by Gasteiger charge is -2.19. The monoisotopic (exact) mass is 315 g/mol. The molecule has 0 aromatic carbocycles. The topological polar surface area (TPSA) is 57.6 Å². The number of nitrogens with zero attached hydrogens (tertiary/aromatic N) is 1. The molecule has 4 nitrogen and oxygen atoms in total. The van der Waals surface area contributed by atoms with Crippen LogP contribution < -0.4 is 0 Å². The molecule has 0 bridgehead atoms. The Balaban J connectivity index is 0.000000396. The molecule has 118 valence electrons. The summed E-state index contributed by atoms with van der Waals surface area (Å²) in [4.78, 5) is 2.37. The predicted molar refractivity (Wildman–Crippen MR) is 71.6 cm³/mol. The van der Waals surface area contributed by atoms with Gasteiger partial charge in [-0.05, 0) is 18.7 Å². The van der Waals surface area contributed by atoms with Crippen molar-refractivity contribution in [2.75, 3.05) is 13.1 Å². The van der Waals surface area contributed by atoms with Crippen molar-refractivity contribution < 1.29 is 26.1 Å². The van der Waals surface area contributed by atoms with E-state index in [1.54, 1.807) is 0 Å². The van der Waals surface area contributed by atoms with Gasteiger partial charge >= 0.3 is 15.6 Å². The van der Waals surface area contributed by atoms with Gasteiger partial charge < -0.3 is 4.90 Å². The first-order valence-corrected chi connectivity index (χ1v) is 7.73. The molecular weight excluding hydrogens is 295 g/mol. The molecule has 0 saturated carbocycles. The lowest BCUT2D eigenvalue weighted by molar-refractivity contribution is -0.0510. The number of alkyl halides is 3. The summed E-state index contributed by atoms with van der Waals surface area (Å²) in [6.07, 6.45) is 14.1. The van der Waals surface area contributed by atoms with Crippen LogP contribution in [0.4, 0.5) is 13.2 Å². The van der Waals surface area contributed by atoms with E-state index >= 15 is 0 Å². The van der Waals surface area contributed by atoms with Gasteiger partial charge in [0.2, 0.25) is 0 Å². The molecule has 20 heavy (non-hydrogen) atoms. The van der Waals surface area contributed by atoms with E-state index in [2.05, 4.69) is 36.3 Å². The molecule has 1 rings (SSSR count). The van der Waals surface area contributed by atoms with Crippen molar-refractivity contribution in [2.24, 2.45) is 0 Å². The van der Waals surface area contributed by atoms with Crippen LogP contribution >= 0.6 is 0 Å². The Morgan fingerprint density at radius 1 is 1.20 bits per heavy atom. The van der Waals surface area contributed by atoms with Gasteiger partial charge in [-0.25, -0.2) is 0 Å². The molecule has 0 aliphatic carbocycles. The fraction of sp³-hybridized carbons (Fsp3) is 0.667. The minimum atomic E-state index is -5.84. The third kappa shape index (κ3) is 8.98. The molecule has 0 saturated heterocycles. The number of allylic oxidation sites excluding steroid dienone is 2. The van der Waals surface area contributed by atoms with Crippen LogP contribution in [0.25, 0.3) is 0 Å². The molecule has 0 unspecified atom stereocenters. The summed E-state index contributed by atoms with van der Waals surface area (Å²) in [5.41, 5.74) is -5.53. The van der Waals surface area contributed by atoms with E-state index in [0.29, 0.717) is 0 Å². The normalized spacial score (nSPS) is 14.9. The zero-order valence-corrected chi connectivity index (χ0v) is 12.1. The van der Waals surface area contributed by atoms with Gasteiger partial charge in [0.05, 0.1) is 0 Å². The maximum absolute atomic E-state index is 10.7. The van der Waals surface area contributed by atoms with Crippen LogP contribution in [0.2, 0.25) is 0 Å². The first-order valence-electron chi connectivity index (χ1n) is 6.29. The summed E-state index contributed by atoms with van der Waals surface area (Å²) in [5.74, 6) is 0. The van der Waals surface area contributed by atoms with Crippen molar-refractivity contribution in [3.63, 3.8) is 0 Å². The minimum Gasteiger partial charge on any atom is -0.374 e. The van der Waals surface area contributed by atoms with Crippen molar-refractivity contribution in [1.82, 2.24) is 4.90 Å². The Hall–Kier alpha value is -1.02. The number of hydrogen-bond donors (Lipinski definition) is 1. The first kappa shape index (κ1) is 19.0. The molecule has 0 radical (unpaired) electrons. The predicted octanol–water partition coefficient (Wildman–Crippen LogP) is 3.35. The van der Waals surface area contributed by atoms with Crippen molar-refractivity contribution in [3.8, 4) is 0 Å². The van der Waals surface area contributed by atoms with Crippen LogP contribution in [-0.2, 0) is 10.1 Å². The number of hydrogen-bond acceptors (Lipinski definition) is 3. The van der Waals surface area contributed by atoms with Crippen LogP contribution in [0.5, 0.6) is 0 Å². The Morgan fingerprint density at radius 3 is 2.20 bits per heavy atom. The van der Waals surface area contributed by atoms with Crippen molar-refractivity contribution in [1.29, 1.82) is 0 Å². The smallest absolute Gasteiger partial charge is 0.374 e. The highest BCUT2D eigenvalue weighted by atomic mass is 32.2. The molecule has 0 fully saturated rings. The first-order chi connectivity index (χ1) is 9.18. The molecule has 0 aromatic heterocycles. The average Bonchev–Trinajstić information content (AvgIpc) is 2.34. The summed E-state index contributed by atoms with van der Waals surface area (Å²) >= 11 is 0. The molecule has 0 aromatic rings.